The third kappa shape index (κ3) is 3.33. The first-order valence-electron chi connectivity index (χ1n) is 12.8. The van der Waals surface area contributed by atoms with E-state index in [1.165, 1.54) is 37.7 Å². The van der Waals surface area contributed by atoms with Crippen LogP contribution in [0.4, 0.5) is 11.5 Å². The van der Waals surface area contributed by atoms with Crippen molar-refractivity contribution in [3.05, 3.63) is 41.4 Å². The molecule has 3 aliphatic heterocycles. The van der Waals surface area contributed by atoms with Gasteiger partial charge in [0.2, 0.25) is 5.28 Å². The van der Waals surface area contributed by atoms with Crippen LogP contribution < -0.4 is 4.90 Å². The van der Waals surface area contributed by atoms with Gasteiger partial charge in [0.15, 0.2) is 29.0 Å². The summed E-state index contributed by atoms with van der Waals surface area (Å²) in [6.45, 7) is 4.42. The number of aliphatic hydroxyl groups excluding tert-OH is 1. The third-order valence-electron chi connectivity index (χ3n) is 8.25. The summed E-state index contributed by atoms with van der Waals surface area (Å²) in [4.78, 5) is 16.3. The van der Waals surface area contributed by atoms with Crippen molar-refractivity contribution in [3.63, 3.8) is 0 Å². The van der Waals surface area contributed by atoms with E-state index in [-0.39, 0.29) is 23.4 Å². The van der Waals surface area contributed by atoms with Crippen LogP contribution in [0.2, 0.25) is 5.28 Å². The topological polar surface area (TPSA) is 94.8 Å². The van der Waals surface area contributed by atoms with Gasteiger partial charge in [-0.25, -0.2) is 4.98 Å². The highest BCUT2D eigenvalue weighted by Crippen LogP contribution is 2.52. The third-order valence-corrected chi connectivity index (χ3v) is 8.42. The van der Waals surface area contributed by atoms with Crippen LogP contribution in [0.25, 0.3) is 11.2 Å². The maximum atomic E-state index is 9.92. The van der Waals surface area contributed by atoms with Gasteiger partial charge < -0.3 is 24.2 Å². The Kier molecular flexibility index (Phi) is 5.14. The smallest absolute Gasteiger partial charge is 0.226 e. The molecule has 190 valence electrons. The molecule has 1 aromatic carbocycles. The molecule has 10 heteroatoms. The maximum absolute atomic E-state index is 9.92. The highest BCUT2D eigenvalue weighted by molar-refractivity contribution is 6.28. The molecule has 2 aromatic heterocycles. The minimum atomic E-state index is -0.771. The van der Waals surface area contributed by atoms with E-state index in [1.54, 1.807) is 6.33 Å². The minimum absolute atomic E-state index is 0.123. The van der Waals surface area contributed by atoms with Crippen LogP contribution in [0.3, 0.4) is 0 Å². The van der Waals surface area contributed by atoms with Crippen molar-refractivity contribution in [2.75, 3.05) is 18.1 Å². The van der Waals surface area contributed by atoms with Crippen LogP contribution in [0, 0.1) is 0 Å². The van der Waals surface area contributed by atoms with Gasteiger partial charge >= 0.3 is 0 Å². The second-order valence-corrected chi connectivity index (χ2v) is 11.2. The molecule has 3 aromatic rings. The van der Waals surface area contributed by atoms with Crippen molar-refractivity contribution in [2.45, 2.75) is 81.7 Å². The van der Waals surface area contributed by atoms with Crippen molar-refractivity contribution in [1.29, 1.82) is 0 Å². The monoisotopic (exact) mass is 511 g/mol. The lowest BCUT2D eigenvalue weighted by Gasteiger charge is -2.34. The molecule has 0 amide bonds. The van der Waals surface area contributed by atoms with Gasteiger partial charge in [-0.1, -0.05) is 37.5 Å². The van der Waals surface area contributed by atoms with E-state index < -0.39 is 24.2 Å². The second-order valence-electron chi connectivity index (χ2n) is 10.9. The number of benzene rings is 1. The average Bonchev–Trinajstić information content (AvgIpc) is 3.59. The second kappa shape index (κ2) is 8.10. The predicted octanol–water partition coefficient (Wildman–Crippen LogP) is 4.24. The largest absolute Gasteiger partial charge is 0.394 e. The first-order valence-corrected chi connectivity index (χ1v) is 13.2. The fourth-order valence-corrected chi connectivity index (χ4v) is 6.92. The van der Waals surface area contributed by atoms with E-state index in [9.17, 15) is 5.11 Å². The molecule has 9 nitrogen and oxygen atoms in total. The lowest BCUT2D eigenvalue weighted by atomic mass is 9.71. The average molecular weight is 512 g/mol. The molecule has 4 atom stereocenters. The van der Waals surface area contributed by atoms with Crippen molar-refractivity contribution >= 4 is 34.3 Å². The molecule has 1 N–H and O–H groups in total. The number of para-hydroxylation sites is 1. The van der Waals surface area contributed by atoms with E-state index in [0.717, 1.165) is 12.2 Å². The zero-order chi connectivity index (χ0) is 24.7. The van der Waals surface area contributed by atoms with E-state index in [4.69, 9.17) is 30.8 Å². The standard InChI is InChI=1S/C26H30ClN5O4/c1-25(2)35-19-17(12-33)34-23(20(19)36-25)32-14-28-18-21(29-24(27)30-22(18)32)31-13-26(10-6-3-7-11-26)15-8-4-5-9-16(15)31/h4-5,8-9,14,17,19-20,23,33H,3,6-7,10-13H2,1-2H3/t17-,19+,20?,23-/m1/s1. The van der Waals surface area contributed by atoms with E-state index in [2.05, 4.69) is 39.1 Å². The quantitative estimate of drug-likeness (QED) is 0.522. The first kappa shape index (κ1) is 22.9. The minimum Gasteiger partial charge on any atom is -0.394 e. The van der Waals surface area contributed by atoms with Gasteiger partial charge in [0.05, 0.1) is 12.9 Å². The first-order chi connectivity index (χ1) is 17.4. The molecule has 4 aliphatic rings. The molecule has 1 aliphatic carbocycles. The van der Waals surface area contributed by atoms with Gasteiger partial charge in [-0.2, -0.15) is 9.97 Å². The van der Waals surface area contributed by atoms with Gasteiger partial charge in [-0.05, 0) is 49.9 Å². The van der Waals surface area contributed by atoms with Gasteiger partial charge in [0.25, 0.3) is 0 Å². The summed E-state index contributed by atoms with van der Waals surface area (Å²) in [6.07, 6.45) is 5.95. The number of halogens is 1. The lowest BCUT2D eigenvalue weighted by Crippen LogP contribution is -2.34. The number of nitrogens with zero attached hydrogens (tertiary/aromatic N) is 5. The summed E-state index contributed by atoms with van der Waals surface area (Å²) >= 11 is 6.53. The summed E-state index contributed by atoms with van der Waals surface area (Å²) in [5.41, 5.74) is 3.91. The molecular weight excluding hydrogens is 482 g/mol. The summed E-state index contributed by atoms with van der Waals surface area (Å²) in [5.74, 6) is -0.0668. The molecule has 3 fully saturated rings. The summed E-state index contributed by atoms with van der Waals surface area (Å²) < 4.78 is 20.2. The van der Waals surface area contributed by atoms with Crippen molar-refractivity contribution in [3.8, 4) is 0 Å². The molecule has 7 rings (SSSR count). The lowest BCUT2D eigenvalue weighted by molar-refractivity contribution is -0.199. The Morgan fingerprint density at radius 3 is 2.67 bits per heavy atom. The molecule has 0 bridgehead atoms. The molecule has 1 spiro atoms. The predicted molar refractivity (Wildman–Crippen MR) is 133 cm³/mol. The Morgan fingerprint density at radius 2 is 1.86 bits per heavy atom. The van der Waals surface area contributed by atoms with Crippen LogP contribution in [0.5, 0.6) is 0 Å². The Morgan fingerprint density at radius 1 is 1.08 bits per heavy atom. The van der Waals surface area contributed by atoms with Gasteiger partial charge in [0.1, 0.15) is 18.3 Å². The van der Waals surface area contributed by atoms with Crippen LogP contribution in [-0.2, 0) is 19.6 Å². The Balaban J connectivity index is 1.32. The summed E-state index contributed by atoms with van der Waals surface area (Å²) in [5, 5.41) is 10.1. The van der Waals surface area contributed by atoms with Crippen LogP contribution in [-0.4, -0.2) is 61.9 Å². The van der Waals surface area contributed by atoms with Crippen LogP contribution >= 0.6 is 11.6 Å². The summed E-state index contributed by atoms with van der Waals surface area (Å²) in [7, 11) is 0. The zero-order valence-corrected chi connectivity index (χ0v) is 21.2. The molecule has 36 heavy (non-hydrogen) atoms. The number of hydrogen-bond donors (Lipinski definition) is 1. The van der Waals surface area contributed by atoms with Gasteiger partial charge in [0, 0.05) is 17.6 Å². The molecule has 2 saturated heterocycles. The van der Waals surface area contributed by atoms with E-state index in [1.807, 2.05) is 18.4 Å². The van der Waals surface area contributed by atoms with Crippen molar-refractivity contribution < 1.29 is 19.3 Å². The molecule has 5 heterocycles. The fraction of sp³-hybridized carbons (Fsp3) is 0.577. The number of ether oxygens (including phenoxy) is 3. The SMILES string of the molecule is CC1(C)OC2[C@@H](O1)[C@@H](CO)O[C@H]2n1cnc2c(N3CC4(CCCCC4)c4ccccc43)nc(Cl)nc21. The number of fused-ring (bicyclic) bond motifs is 4. The molecule has 1 unspecified atom stereocenters. The van der Waals surface area contributed by atoms with Gasteiger partial charge in [-0.3, -0.25) is 4.57 Å². The molecular formula is C26H30ClN5O4. The molecule has 1 saturated carbocycles. The number of imidazole rings is 1. The Hall–Kier alpha value is -2.30. The van der Waals surface area contributed by atoms with E-state index in [0.29, 0.717) is 17.0 Å². The highest BCUT2D eigenvalue weighted by Gasteiger charge is 2.56. The Labute approximate surface area is 214 Å². The summed E-state index contributed by atoms with van der Waals surface area (Å²) in [6, 6.07) is 8.64. The number of hydrogen-bond acceptors (Lipinski definition) is 8. The number of anilines is 2. The van der Waals surface area contributed by atoms with Crippen LogP contribution in [0.15, 0.2) is 30.6 Å². The van der Waals surface area contributed by atoms with Gasteiger partial charge in [-0.15, -0.1) is 0 Å². The normalized spacial score (nSPS) is 30.3. The Bertz CT molecular complexity index is 1320. The van der Waals surface area contributed by atoms with E-state index >= 15 is 0 Å². The van der Waals surface area contributed by atoms with Crippen LogP contribution in [0.1, 0.15) is 57.7 Å². The number of aliphatic hydroxyl groups is 1. The molecule has 0 radical (unpaired) electrons. The van der Waals surface area contributed by atoms with Crippen molar-refractivity contribution in [1.82, 2.24) is 19.5 Å². The number of aromatic nitrogens is 4. The number of rotatable bonds is 3. The zero-order valence-electron chi connectivity index (χ0n) is 20.4. The van der Waals surface area contributed by atoms with Crippen molar-refractivity contribution in [2.24, 2.45) is 0 Å². The maximum Gasteiger partial charge on any atom is 0.226 e. The fourth-order valence-electron chi connectivity index (χ4n) is 6.76. The highest BCUT2D eigenvalue weighted by atomic mass is 35.5.